The van der Waals surface area contributed by atoms with E-state index in [0.29, 0.717) is 25.0 Å². The molecular formula is C27H27N3O2. The third-order valence-corrected chi connectivity index (χ3v) is 6.34. The second-order valence-electron chi connectivity index (χ2n) is 8.43. The molecule has 0 fully saturated rings. The molecular weight excluding hydrogens is 398 g/mol. The number of nitrogens with zero attached hydrogens (tertiary/aromatic N) is 3. The summed E-state index contributed by atoms with van der Waals surface area (Å²) in [5.41, 5.74) is 3.97. The van der Waals surface area contributed by atoms with Crippen molar-refractivity contribution in [2.24, 2.45) is 9.98 Å². The van der Waals surface area contributed by atoms with E-state index < -0.39 is 0 Å². The summed E-state index contributed by atoms with van der Waals surface area (Å²) >= 11 is 0. The molecule has 3 heterocycles. The molecule has 0 bridgehead atoms. The van der Waals surface area contributed by atoms with Crippen LogP contribution in [0.3, 0.4) is 0 Å². The van der Waals surface area contributed by atoms with Gasteiger partial charge in [-0.25, -0.2) is 15.0 Å². The monoisotopic (exact) mass is 425 g/mol. The van der Waals surface area contributed by atoms with Crippen LogP contribution in [-0.2, 0) is 9.47 Å². The zero-order valence-corrected chi connectivity index (χ0v) is 18.4. The summed E-state index contributed by atoms with van der Waals surface area (Å²) in [5.74, 6) is 1.74. The van der Waals surface area contributed by atoms with Crippen LogP contribution in [0.15, 0.2) is 88.8 Å². The third kappa shape index (κ3) is 4.15. The number of ether oxygens (including phenoxy) is 2. The van der Waals surface area contributed by atoms with E-state index >= 15 is 0 Å². The van der Waals surface area contributed by atoms with Crippen molar-refractivity contribution in [3.05, 3.63) is 101 Å². The van der Waals surface area contributed by atoms with E-state index in [-0.39, 0.29) is 23.9 Å². The molecule has 4 unspecified atom stereocenters. The number of aromatic nitrogens is 1. The maximum Gasteiger partial charge on any atom is 0.235 e. The van der Waals surface area contributed by atoms with Crippen LogP contribution in [0.25, 0.3) is 0 Å². The number of rotatable bonds is 6. The first kappa shape index (κ1) is 20.4. The number of benzene rings is 2. The van der Waals surface area contributed by atoms with Crippen molar-refractivity contribution in [2.75, 3.05) is 13.2 Å². The smallest absolute Gasteiger partial charge is 0.235 e. The highest BCUT2D eigenvalue weighted by atomic mass is 16.5. The zero-order valence-electron chi connectivity index (χ0n) is 18.4. The summed E-state index contributed by atoms with van der Waals surface area (Å²) < 4.78 is 11.9. The Balaban J connectivity index is 1.33. The Morgan fingerprint density at radius 2 is 1.06 bits per heavy atom. The molecule has 0 N–H and O–H groups in total. The Bertz CT molecular complexity index is 1040. The Hall–Kier alpha value is -3.47. The van der Waals surface area contributed by atoms with Crippen molar-refractivity contribution in [1.82, 2.24) is 4.98 Å². The molecule has 32 heavy (non-hydrogen) atoms. The van der Waals surface area contributed by atoms with E-state index in [2.05, 4.69) is 62.4 Å². The highest BCUT2D eigenvalue weighted by molar-refractivity contribution is 5.97. The minimum absolute atomic E-state index is 0.0778. The molecule has 5 heteroatoms. The van der Waals surface area contributed by atoms with Gasteiger partial charge in [0.15, 0.2) is 0 Å². The van der Waals surface area contributed by atoms with Crippen molar-refractivity contribution < 1.29 is 9.47 Å². The fourth-order valence-corrected chi connectivity index (χ4v) is 4.20. The van der Waals surface area contributed by atoms with E-state index in [1.807, 2.05) is 30.3 Å². The second kappa shape index (κ2) is 8.95. The lowest BCUT2D eigenvalue weighted by Gasteiger charge is -2.15. The summed E-state index contributed by atoms with van der Waals surface area (Å²) in [6, 6.07) is 26.8. The van der Waals surface area contributed by atoms with Gasteiger partial charge in [-0.1, -0.05) is 80.6 Å². The quantitative estimate of drug-likeness (QED) is 0.560. The van der Waals surface area contributed by atoms with Gasteiger partial charge in [0.05, 0.1) is 12.1 Å². The molecule has 4 atom stereocenters. The van der Waals surface area contributed by atoms with Crippen LogP contribution in [0.5, 0.6) is 0 Å². The van der Waals surface area contributed by atoms with Crippen molar-refractivity contribution in [1.29, 1.82) is 0 Å². The third-order valence-electron chi connectivity index (χ3n) is 6.34. The predicted molar refractivity (Wildman–Crippen MR) is 127 cm³/mol. The molecule has 0 aliphatic carbocycles. The first-order valence-corrected chi connectivity index (χ1v) is 11.2. The maximum absolute atomic E-state index is 5.94. The standard InChI is InChI=1S/C27H27N3O2/c1-18(20-10-5-3-6-11-20)24-16-31-26(29-24)22-14-9-15-23(28-22)27-30-25(17-32-27)19(2)21-12-7-4-8-13-21/h3-15,18-19,24-25H,16-17H2,1-2H3. The normalized spacial score (nSPS) is 21.8. The van der Waals surface area contributed by atoms with Gasteiger partial charge >= 0.3 is 0 Å². The summed E-state index contributed by atoms with van der Waals surface area (Å²) in [4.78, 5) is 14.4. The van der Waals surface area contributed by atoms with Gasteiger partial charge in [0, 0.05) is 11.8 Å². The van der Waals surface area contributed by atoms with Crippen LogP contribution >= 0.6 is 0 Å². The van der Waals surface area contributed by atoms with Crippen LogP contribution in [-0.4, -0.2) is 42.1 Å². The second-order valence-corrected chi connectivity index (χ2v) is 8.43. The molecule has 5 nitrogen and oxygen atoms in total. The molecule has 2 aromatic carbocycles. The average molecular weight is 426 g/mol. The van der Waals surface area contributed by atoms with Crippen molar-refractivity contribution in [3.63, 3.8) is 0 Å². The lowest BCUT2D eigenvalue weighted by molar-refractivity contribution is 0.303. The first-order valence-electron chi connectivity index (χ1n) is 11.2. The maximum atomic E-state index is 5.94. The number of aliphatic imine (C=N–C) groups is 2. The largest absolute Gasteiger partial charge is 0.474 e. The lowest BCUT2D eigenvalue weighted by Crippen LogP contribution is -2.15. The molecule has 5 rings (SSSR count). The molecule has 0 radical (unpaired) electrons. The van der Waals surface area contributed by atoms with Crippen LogP contribution in [0.1, 0.15) is 48.2 Å². The molecule has 2 aliphatic heterocycles. The molecule has 0 saturated heterocycles. The van der Waals surface area contributed by atoms with Crippen molar-refractivity contribution in [2.45, 2.75) is 37.8 Å². The van der Waals surface area contributed by atoms with Gasteiger partial charge in [-0.3, -0.25) is 0 Å². The molecule has 2 aliphatic rings. The van der Waals surface area contributed by atoms with Crippen LogP contribution in [0.2, 0.25) is 0 Å². The predicted octanol–water partition coefficient (Wildman–Crippen LogP) is 4.98. The summed E-state index contributed by atoms with van der Waals surface area (Å²) in [6.07, 6.45) is 0. The minimum Gasteiger partial charge on any atom is -0.474 e. The topological polar surface area (TPSA) is 56.1 Å². The Morgan fingerprint density at radius 3 is 1.50 bits per heavy atom. The average Bonchev–Trinajstić information content (AvgIpc) is 3.55. The van der Waals surface area contributed by atoms with Crippen LogP contribution in [0.4, 0.5) is 0 Å². The Morgan fingerprint density at radius 1 is 0.625 bits per heavy atom. The number of hydrogen-bond acceptors (Lipinski definition) is 5. The fraction of sp³-hybridized carbons (Fsp3) is 0.296. The highest BCUT2D eigenvalue weighted by Gasteiger charge is 2.29. The van der Waals surface area contributed by atoms with Gasteiger partial charge in [-0.2, -0.15) is 0 Å². The minimum atomic E-state index is 0.0778. The summed E-state index contributed by atoms with van der Waals surface area (Å²) in [6.45, 7) is 5.50. The Labute approximate surface area is 188 Å². The number of hydrogen-bond donors (Lipinski definition) is 0. The fourth-order valence-electron chi connectivity index (χ4n) is 4.20. The van der Waals surface area contributed by atoms with E-state index in [4.69, 9.17) is 24.4 Å². The first-order chi connectivity index (χ1) is 15.7. The molecule has 3 aromatic rings. The van der Waals surface area contributed by atoms with E-state index in [1.54, 1.807) is 0 Å². The molecule has 162 valence electrons. The molecule has 1 aromatic heterocycles. The number of pyridine rings is 1. The van der Waals surface area contributed by atoms with Crippen molar-refractivity contribution in [3.8, 4) is 0 Å². The highest BCUT2D eigenvalue weighted by Crippen LogP contribution is 2.27. The molecule has 0 amide bonds. The van der Waals surface area contributed by atoms with E-state index in [9.17, 15) is 0 Å². The van der Waals surface area contributed by atoms with Crippen molar-refractivity contribution >= 4 is 11.8 Å². The Kier molecular flexibility index (Phi) is 5.71. The van der Waals surface area contributed by atoms with Gasteiger partial charge in [0.2, 0.25) is 11.8 Å². The lowest BCUT2D eigenvalue weighted by atomic mass is 9.94. The van der Waals surface area contributed by atoms with Crippen LogP contribution < -0.4 is 0 Å². The van der Waals surface area contributed by atoms with Gasteiger partial charge < -0.3 is 9.47 Å². The van der Waals surface area contributed by atoms with E-state index in [1.165, 1.54) is 11.1 Å². The SMILES string of the molecule is CC(c1ccccc1)C1COC(c2cccc(C3=NC(C(C)c4ccccc4)CO3)n2)=N1. The summed E-state index contributed by atoms with van der Waals surface area (Å²) in [7, 11) is 0. The van der Waals surface area contributed by atoms with Gasteiger partial charge in [0.1, 0.15) is 24.6 Å². The van der Waals surface area contributed by atoms with Gasteiger partial charge in [-0.05, 0) is 23.3 Å². The van der Waals surface area contributed by atoms with Crippen LogP contribution in [0, 0.1) is 0 Å². The van der Waals surface area contributed by atoms with E-state index in [0.717, 1.165) is 11.4 Å². The molecule has 0 spiro atoms. The zero-order chi connectivity index (χ0) is 21.9. The summed E-state index contributed by atoms with van der Waals surface area (Å²) in [5, 5.41) is 0. The van der Waals surface area contributed by atoms with Gasteiger partial charge in [-0.15, -0.1) is 0 Å². The van der Waals surface area contributed by atoms with Gasteiger partial charge in [0.25, 0.3) is 0 Å². The molecule has 0 saturated carbocycles.